The molecule has 82 valence electrons. The van der Waals surface area contributed by atoms with Crippen molar-refractivity contribution in [1.82, 2.24) is 9.97 Å². The van der Waals surface area contributed by atoms with Crippen molar-refractivity contribution < 1.29 is 9.13 Å². The van der Waals surface area contributed by atoms with Gasteiger partial charge in [-0.1, -0.05) is 12.1 Å². The molecular weight excluding hydrogens is 211 g/mol. The van der Waals surface area contributed by atoms with E-state index in [1.165, 1.54) is 18.2 Å². The number of rotatable bonds is 2. The number of halogens is 1. The Bertz CT molecular complexity index is 566. The summed E-state index contributed by atoms with van der Waals surface area (Å²) in [5, 5.41) is 0. The van der Waals surface area contributed by atoms with E-state index in [9.17, 15) is 9.18 Å². The number of aryl methyl sites for hydroxylation is 1. The lowest BCUT2D eigenvalue weighted by Crippen LogP contribution is -2.08. The minimum absolute atomic E-state index is 0.0417. The van der Waals surface area contributed by atoms with E-state index in [0.29, 0.717) is 5.82 Å². The first-order chi connectivity index (χ1) is 7.65. The first kappa shape index (κ1) is 10.4. The molecule has 0 saturated heterocycles. The number of benzene rings is 1. The number of para-hydroxylation sites is 1. The number of aromatic nitrogens is 2. The van der Waals surface area contributed by atoms with E-state index in [0.717, 1.165) is 0 Å². The number of nitrogens with zero attached hydrogens (tertiary/aromatic N) is 1. The molecule has 0 aliphatic rings. The van der Waals surface area contributed by atoms with Gasteiger partial charge < -0.3 is 9.72 Å². The van der Waals surface area contributed by atoms with Crippen LogP contribution in [0.25, 0.3) is 0 Å². The van der Waals surface area contributed by atoms with E-state index in [1.54, 1.807) is 19.1 Å². The van der Waals surface area contributed by atoms with Gasteiger partial charge >= 0.3 is 0 Å². The lowest BCUT2D eigenvalue weighted by atomic mass is 10.3. The van der Waals surface area contributed by atoms with Crippen molar-refractivity contribution in [3.63, 3.8) is 0 Å². The predicted molar refractivity (Wildman–Crippen MR) is 56.1 cm³/mol. The third-order valence-electron chi connectivity index (χ3n) is 1.89. The Labute approximate surface area is 90.7 Å². The van der Waals surface area contributed by atoms with E-state index >= 15 is 0 Å². The second-order valence-electron chi connectivity index (χ2n) is 3.20. The zero-order valence-corrected chi connectivity index (χ0v) is 8.53. The molecule has 0 fully saturated rings. The van der Waals surface area contributed by atoms with Crippen LogP contribution < -0.4 is 10.3 Å². The van der Waals surface area contributed by atoms with Gasteiger partial charge in [0.15, 0.2) is 11.6 Å². The first-order valence-corrected chi connectivity index (χ1v) is 4.65. The molecule has 16 heavy (non-hydrogen) atoms. The van der Waals surface area contributed by atoms with E-state index in [2.05, 4.69) is 9.97 Å². The topological polar surface area (TPSA) is 55.0 Å². The van der Waals surface area contributed by atoms with Crippen LogP contribution in [0.4, 0.5) is 4.39 Å². The Hall–Kier alpha value is -2.17. The van der Waals surface area contributed by atoms with Crippen LogP contribution in [0.5, 0.6) is 11.6 Å². The molecule has 0 saturated carbocycles. The number of hydrogen-bond acceptors (Lipinski definition) is 3. The SMILES string of the molecule is Cc1nc(Oc2ccccc2F)cc(=O)[nH]1. The highest BCUT2D eigenvalue weighted by atomic mass is 19.1. The van der Waals surface area contributed by atoms with Gasteiger partial charge in [0.2, 0.25) is 5.88 Å². The third kappa shape index (κ3) is 2.25. The molecule has 1 heterocycles. The molecule has 2 aromatic rings. The molecular formula is C11H9FN2O2. The van der Waals surface area contributed by atoms with Gasteiger partial charge in [-0.2, -0.15) is 0 Å². The van der Waals surface area contributed by atoms with Gasteiger partial charge in [0.1, 0.15) is 5.82 Å². The summed E-state index contributed by atoms with van der Waals surface area (Å²) >= 11 is 0. The van der Waals surface area contributed by atoms with Gasteiger partial charge in [0.05, 0.1) is 6.07 Å². The minimum Gasteiger partial charge on any atom is -0.436 e. The minimum atomic E-state index is -0.498. The van der Waals surface area contributed by atoms with E-state index in [1.807, 2.05) is 0 Å². The molecule has 0 radical (unpaired) electrons. The molecule has 1 aromatic heterocycles. The van der Waals surface area contributed by atoms with Gasteiger partial charge in [-0.3, -0.25) is 4.79 Å². The Morgan fingerprint density at radius 2 is 2.12 bits per heavy atom. The van der Waals surface area contributed by atoms with Crippen LogP contribution in [0.15, 0.2) is 35.1 Å². The van der Waals surface area contributed by atoms with Crippen molar-refractivity contribution in [2.24, 2.45) is 0 Å². The van der Waals surface area contributed by atoms with Gasteiger partial charge in [-0.15, -0.1) is 0 Å². The quantitative estimate of drug-likeness (QED) is 0.842. The summed E-state index contributed by atoms with van der Waals surface area (Å²) in [4.78, 5) is 17.5. The summed E-state index contributed by atoms with van der Waals surface area (Å²) in [5.41, 5.74) is -0.334. The van der Waals surface area contributed by atoms with Crippen LogP contribution in [0.3, 0.4) is 0 Å². The van der Waals surface area contributed by atoms with Crippen molar-refractivity contribution in [3.05, 3.63) is 52.3 Å². The van der Waals surface area contributed by atoms with Crippen LogP contribution in [0.1, 0.15) is 5.82 Å². The van der Waals surface area contributed by atoms with Crippen molar-refractivity contribution >= 4 is 0 Å². The van der Waals surface area contributed by atoms with Crippen LogP contribution >= 0.6 is 0 Å². The van der Waals surface area contributed by atoms with Crippen molar-refractivity contribution in [2.45, 2.75) is 6.92 Å². The van der Waals surface area contributed by atoms with Gasteiger partial charge in [-0.05, 0) is 19.1 Å². The summed E-state index contributed by atoms with van der Waals surface area (Å²) in [6.07, 6.45) is 0. The third-order valence-corrected chi connectivity index (χ3v) is 1.89. The second kappa shape index (κ2) is 4.14. The summed E-state index contributed by atoms with van der Waals surface area (Å²) < 4.78 is 18.4. The molecule has 5 heteroatoms. The molecule has 0 aliphatic carbocycles. The number of ether oxygens (including phenoxy) is 1. The maximum absolute atomic E-state index is 13.2. The van der Waals surface area contributed by atoms with E-state index in [4.69, 9.17) is 4.74 Å². The lowest BCUT2D eigenvalue weighted by Gasteiger charge is -2.05. The van der Waals surface area contributed by atoms with Crippen LogP contribution in [-0.4, -0.2) is 9.97 Å². The Balaban J connectivity index is 2.34. The molecule has 0 aliphatic heterocycles. The van der Waals surface area contributed by atoms with Crippen LogP contribution in [0.2, 0.25) is 0 Å². The monoisotopic (exact) mass is 220 g/mol. The Morgan fingerprint density at radius 1 is 1.38 bits per heavy atom. The molecule has 0 bridgehead atoms. The zero-order chi connectivity index (χ0) is 11.5. The second-order valence-corrected chi connectivity index (χ2v) is 3.20. The average Bonchev–Trinajstić information content (AvgIpc) is 2.20. The largest absolute Gasteiger partial charge is 0.436 e. The molecule has 0 unspecified atom stereocenters. The summed E-state index contributed by atoms with van der Waals surface area (Å²) in [6, 6.07) is 7.10. The Kier molecular flexibility index (Phi) is 2.68. The normalized spacial score (nSPS) is 10.1. The highest BCUT2D eigenvalue weighted by molar-refractivity contribution is 5.27. The van der Waals surface area contributed by atoms with Crippen molar-refractivity contribution in [1.29, 1.82) is 0 Å². The van der Waals surface area contributed by atoms with Gasteiger partial charge in [-0.25, -0.2) is 9.37 Å². The number of aromatic amines is 1. The molecule has 4 nitrogen and oxygen atoms in total. The van der Waals surface area contributed by atoms with Crippen LogP contribution in [0, 0.1) is 12.7 Å². The molecule has 0 spiro atoms. The molecule has 0 atom stereocenters. The number of nitrogens with one attached hydrogen (secondary N) is 1. The lowest BCUT2D eigenvalue weighted by molar-refractivity contribution is 0.424. The number of hydrogen-bond donors (Lipinski definition) is 1. The van der Waals surface area contributed by atoms with Crippen LogP contribution in [-0.2, 0) is 0 Å². The number of H-pyrrole nitrogens is 1. The Morgan fingerprint density at radius 3 is 2.81 bits per heavy atom. The van der Waals surface area contributed by atoms with Crippen molar-refractivity contribution in [2.75, 3.05) is 0 Å². The van der Waals surface area contributed by atoms with E-state index < -0.39 is 5.82 Å². The van der Waals surface area contributed by atoms with Crippen molar-refractivity contribution in [3.8, 4) is 11.6 Å². The molecule has 1 N–H and O–H groups in total. The average molecular weight is 220 g/mol. The summed E-state index contributed by atoms with van der Waals surface area (Å²) in [5.74, 6) is 0.0347. The van der Waals surface area contributed by atoms with E-state index in [-0.39, 0.29) is 17.2 Å². The smallest absolute Gasteiger partial charge is 0.254 e. The van der Waals surface area contributed by atoms with Gasteiger partial charge in [0, 0.05) is 0 Å². The summed E-state index contributed by atoms with van der Waals surface area (Å²) in [6.45, 7) is 1.62. The van der Waals surface area contributed by atoms with Gasteiger partial charge in [0.25, 0.3) is 5.56 Å². The molecule has 2 rings (SSSR count). The predicted octanol–water partition coefficient (Wildman–Crippen LogP) is 2.01. The fraction of sp³-hybridized carbons (Fsp3) is 0.0909. The molecule has 1 aromatic carbocycles. The zero-order valence-electron chi connectivity index (χ0n) is 8.53. The standard InChI is InChI=1S/C11H9FN2O2/c1-7-13-10(15)6-11(14-7)16-9-5-3-2-4-8(9)12/h2-6H,1H3,(H,13,14,15). The highest BCUT2D eigenvalue weighted by Gasteiger charge is 2.05. The fourth-order valence-electron chi connectivity index (χ4n) is 1.24. The fourth-order valence-corrected chi connectivity index (χ4v) is 1.24. The maximum atomic E-state index is 13.2. The maximum Gasteiger partial charge on any atom is 0.254 e. The highest BCUT2D eigenvalue weighted by Crippen LogP contribution is 2.21. The summed E-state index contributed by atoms with van der Waals surface area (Å²) in [7, 11) is 0. The molecule has 0 amide bonds. The first-order valence-electron chi connectivity index (χ1n) is 4.65.